The van der Waals surface area contributed by atoms with E-state index in [1.807, 2.05) is 0 Å². The van der Waals surface area contributed by atoms with Crippen molar-refractivity contribution in [3.8, 4) is 11.3 Å². The summed E-state index contributed by atoms with van der Waals surface area (Å²) in [7, 11) is 0. The zero-order valence-corrected chi connectivity index (χ0v) is 17.7. The fraction of sp³-hybridized carbons (Fsp3) is 0.304. The number of hydrogen-bond acceptors (Lipinski definition) is 3. The number of halogens is 6. The van der Waals surface area contributed by atoms with Crippen LogP contribution in [-0.4, -0.2) is 32.9 Å². The van der Waals surface area contributed by atoms with Gasteiger partial charge in [-0.05, 0) is 30.2 Å². The van der Waals surface area contributed by atoms with Gasteiger partial charge in [0.2, 0.25) is 5.91 Å². The van der Waals surface area contributed by atoms with Gasteiger partial charge in [0.05, 0.1) is 29.8 Å². The second-order valence-electron chi connectivity index (χ2n) is 8.15. The second-order valence-corrected chi connectivity index (χ2v) is 8.15. The Morgan fingerprint density at radius 1 is 1.06 bits per heavy atom. The molecule has 11 heteroatoms. The van der Waals surface area contributed by atoms with Gasteiger partial charge in [-0.1, -0.05) is 12.1 Å². The minimum Gasteiger partial charge on any atom is -0.335 e. The number of amides is 1. The van der Waals surface area contributed by atoms with Gasteiger partial charge < -0.3 is 15.2 Å². The van der Waals surface area contributed by atoms with Crippen LogP contribution in [-0.2, 0) is 30.5 Å². The monoisotopic (exact) mass is 482 g/mol. The summed E-state index contributed by atoms with van der Waals surface area (Å²) in [6.07, 6.45) is -3.33. The number of carbonyl (C=O) groups is 1. The Labute approximate surface area is 190 Å². The highest BCUT2D eigenvalue weighted by Crippen LogP contribution is 2.33. The molecule has 1 unspecified atom stereocenters. The molecule has 0 spiro atoms. The lowest BCUT2D eigenvalue weighted by molar-refractivity contribution is -0.137. The number of fused-ring (bicyclic) bond motifs is 1. The van der Waals surface area contributed by atoms with E-state index in [1.54, 1.807) is 4.57 Å². The summed E-state index contributed by atoms with van der Waals surface area (Å²) >= 11 is 0. The van der Waals surface area contributed by atoms with Crippen molar-refractivity contribution in [1.29, 1.82) is 0 Å². The summed E-state index contributed by atoms with van der Waals surface area (Å²) in [5, 5.41) is 0. The average molecular weight is 482 g/mol. The lowest BCUT2D eigenvalue weighted by Crippen LogP contribution is -2.41. The van der Waals surface area contributed by atoms with Crippen LogP contribution in [0.4, 0.5) is 26.3 Å². The van der Waals surface area contributed by atoms with E-state index < -0.39 is 35.2 Å². The average Bonchev–Trinajstić information content (AvgIpc) is 3.20. The van der Waals surface area contributed by atoms with E-state index in [2.05, 4.69) is 4.98 Å². The molecule has 1 aromatic heterocycles. The van der Waals surface area contributed by atoms with Crippen LogP contribution in [0.1, 0.15) is 23.2 Å². The van der Waals surface area contributed by atoms with Crippen molar-refractivity contribution in [2.45, 2.75) is 38.1 Å². The van der Waals surface area contributed by atoms with Crippen LogP contribution in [0, 0.1) is 17.5 Å². The number of nitrogens with zero attached hydrogens (tertiary/aromatic N) is 3. The molecule has 0 aliphatic carbocycles. The highest BCUT2D eigenvalue weighted by atomic mass is 19.4. The van der Waals surface area contributed by atoms with Crippen LogP contribution in [0.2, 0.25) is 0 Å². The Bertz CT molecular complexity index is 1220. The van der Waals surface area contributed by atoms with Crippen molar-refractivity contribution in [1.82, 2.24) is 14.5 Å². The van der Waals surface area contributed by atoms with E-state index in [-0.39, 0.29) is 36.4 Å². The molecule has 4 rings (SSSR count). The van der Waals surface area contributed by atoms with Crippen LogP contribution >= 0.6 is 0 Å². The van der Waals surface area contributed by atoms with Crippen molar-refractivity contribution in [3.05, 3.63) is 77.0 Å². The Hall–Kier alpha value is -3.34. The number of imidazole rings is 1. The summed E-state index contributed by atoms with van der Waals surface area (Å²) in [6, 6.07) is 5.10. The number of alkyl halides is 3. The maximum atomic E-state index is 13.9. The first kappa shape index (κ1) is 23.8. The molecule has 0 saturated heterocycles. The van der Waals surface area contributed by atoms with Crippen molar-refractivity contribution >= 4 is 5.91 Å². The van der Waals surface area contributed by atoms with E-state index in [0.29, 0.717) is 30.5 Å². The fourth-order valence-electron chi connectivity index (χ4n) is 3.98. The number of carbonyl (C=O) groups excluding carboxylic acids is 1. The number of aromatic nitrogens is 2. The third-order valence-electron chi connectivity index (χ3n) is 5.72. The van der Waals surface area contributed by atoms with Gasteiger partial charge in [-0.15, -0.1) is 0 Å². The fourth-order valence-corrected chi connectivity index (χ4v) is 3.98. The highest BCUT2D eigenvalue weighted by molar-refractivity contribution is 5.77. The van der Waals surface area contributed by atoms with Crippen molar-refractivity contribution in [2.75, 3.05) is 6.54 Å². The highest BCUT2D eigenvalue weighted by Gasteiger charge is 2.31. The summed E-state index contributed by atoms with van der Waals surface area (Å²) in [4.78, 5) is 18.6. The van der Waals surface area contributed by atoms with Crippen LogP contribution in [0.5, 0.6) is 0 Å². The van der Waals surface area contributed by atoms with Gasteiger partial charge in [0.15, 0.2) is 11.6 Å². The van der Waals surface area contributed by atoms with E-state index in [1.165, 1.54) is 23.4 Å². The lowest BCUT2D eigenvalue weighted by atomic mass is 10.0. The van der Waals surface area contributed by atoms with Gasteiger partial charge in [0, 0.05) is 37.2 Å². The van der Waals surface area contributed by atoms with Gasteiger partial charge in [-0.3, -0.25) is 4.79 Å². The van der Waals surface area contributed by atoms with Crippen molar-refractivity contribution < 1.29 is 31.1 Å². The summed E-state index contributed by atoms with van der Waals surface area (Å²) in [6.45, 7) is 0.827. The first-order valence-electron chi connectivity index (χ1n) is 10.4. The molecule has 34 heavy (non-hydrogen) atoms. The zero-order valence-electron chi connectivity index (χ0n) is 17.7. The van der Waals surface area contributed by atoms with Gasteiger partial charge in [0.25, 0.3) is 0 Å². The Morgan fingerprint density at radius 2 is 1.79 bits per heavy atom. The van der Waals surface area contributed by atoms with Crippen molar-refractivity contribution in [3.63, 3.8) is 0 Å². The standard InChI is InChI=1S/C23H20F6N4O/c24-17-10-19(26)18(25)8-14(17)7-16(30)9-21(34)32-4-5-33-12-31-22(20(33)11-32)13-2-1-3-15(6-13)23(27,28)29/h1-3,6,8,10,12,16H,4-5,7,9,11,30H2. The van der Waals surface area contributed by atoms with Crippen LogP contribution < -0.4 is 5.73 Å². The maximum absolute atomic E-state index is 13.9. The number of benzene rings is 2. The van der Waals surface area contributed by atoms with Crippen molar-refractivity contribution in [2.24, 2.45) is 5.73 Å². The predicted molar refractivity (Wildman–Crippen MR) is 111 cm³/mol. The van der Waals surface area contributed by atoms with Crippen LogP contribution in [0.15, 0.2) is 42.7 Å². The Balaban J connectivity index is 1.47. The Morgan fingerprint density at radius 3 is 2.53 bits per heavy atom. The van der Waals surface area contributed by atoms with Gasteiger partial charge in [-0.2, -0.15) is 13.2 Å². The third kappa shape index (κ3) is 4.93. The molecule has 0 radical (unpaired) electrons. The van der Waals surface area contributed by atoms with E-state index in [9.17, 15) is 31.1 Å². The minimum absolute atomic E-state index is 0.108. The molecule has 0 saturated carbocycles. The molecule has 1 aliphatic rings. The topological polar surface area (TPSA) is 64.2 Å². The molecule has 5 nitrogen and oxygen atoms in total. The molecular weight excluding hydrogens is 462 g/mol. The molecule has 2 heterocycles. The molecule has 180 valence electrons. The maximum Gasteiger partial charge on any atom is 0.416 e. The minimum atomic E-state index is -4.50. The largest absolute Gasteiger partial charge is 0.416 e. The number of rotatable bonds is 5. The van der Waals surface area contributed by atoms with Crippen LogP contribution in [0.3, 0.4) is 0 Å². The molecule has 0 fully saturated rings. The Kier molecular flexibility index (Phi) is 6.39. The zero-order chi connectivity index (χ0) is 24.6. The first-order valence-corrected chi connectivity index (χ1v) is 10.4. The normalized spacial score (nSPS) is 14.7. The lowest BCUT2D eigenvalue weighted by Gasteiger charge is -2.30. The first-order chi connectivity index (χ1) is 16.0. The molecule has 1 atom stereocenters. The quantitative estimate of drug-likeness (QED) is 0.436. The summed E-state index contributed by atoms with van der Waals surface area (Å²) < 4.78 is 81.5. The molecule has 3 aromatic rings. The summed E-state index contributed by atoms with van der Waals surface area (Å²) in [5.74, 6) is -3.82. The third-order valence-corrected chi connectivity index (χ3v) is 5.72. The molecular formula is C23H20F6N4O. The molecule has 2 aromatic carbocycles. The molecule has 0 bridgehead atoms. The second kappa shape index (κ2) is 9.13. The molecule has 1 amide bonds. The van der Waals surface area contributed by atoms with Crippen LogP contribution in [0.25, 0.3) is 11.3 Å². The van der Waals surface area contributed by atoms with Gasteiger partial charge in [-0.25, -0.2) is 18.2 Å². The number of hydrogen-bond donors (Lipinski definition) is 1. The van der Waals surface area contributed by atoms with E-state index in [4.69, 9.17) is 5.73 Å². The predicted octanol–water partition coefficient (Wildman–Crippen LogP) is 4.29. The van der Waals surface area contributed by atoms with E-state index in [0.717, 1.165) is 18.2 Å². The van der Waals surface area contributed by atoms with Gasteiger partial charge in [0.1, 0.15) is 5.82 Å². The SMILES string of the molecule is NC(CC(=O)N1CCn2cnc(-c3cccc(C(F)(F)F)c3)c2C1)Cc1cc(F)c(F)cc1F. The smallest absolute Gasteiger partial charge is 0.335 e. The van der Waals surface area contributed by atoms with Gasteiger partial charge >= 0.3 is 6.18 Å². The summed E-state index contributed by atoms with van der Waals surface area (Å²) in [5.41, 5.74) is 6.24. The molecule has 2 N–H and O–H groups in total. The molecule has 1 aliphatic heterocycles. The number of nitrogens with two attached hydrogens (primary N) is 1. The van der Waals surface area contributed by atoms with E-state index >= 15 is 0 Å².